The van der Waals surface area contributed by atoms with Crippen LogP contribution in [0.5, 0.6) is 0 Å². The summed E-state index contributed by atoms with van der Waals surface area (Å²) in [5.41, 5.74) is 0.957. The predicted molar refractivity (Wildman–Crippen MR) is 110 cm³/mol. The van der Waals surface area contributed by atoms with Gasteiger partial charge in [-0.15, -0.1) is 0 Å². The lowest BCUT2D eigenvalue weighted by molar-refractivity contribution is -0.130. The Morgan fingerprint density at radius 1 is 1.00 bits per heavy atom. The van der Waals surface area contributed by atoms with E-state index in [0.29, 0.717) is 50.5 Å². The van der Waals surface area contributed by atoms with Crippen molar-refractivity contribution in [1.29, 1.82) is 0 Å². The van der Waals surface area contributed by atoms with E-state index in [0.717, 1.165) is 12.8 Å². The number of hydrogen-bond donors (Lipinski definition) is 0. The Morgan fingerprint density at radius 3 is 2.21 bits per heavy atom. The first-order valence-electron chi connectivity index (χ1n) is 10.3. The number of amides is 3. The van der Waals surface area contributed by atoms with E-state index in [4.69, 9.17) is 0 Å². The molecule has 0 aromatic carbocycles. The normalized spacial score (nSPS) is 14.3. The lowest BCUT2D eigenvalue weighted by Crippen LogP contribution is -2.50. The third-order valence-corrected chi connectivity index (χ3v) is 5.23. The number of nitrogens with zero attached hydrogens (tertiary/aromatic N) is 5. The molecule has 0 atom stereocenters. The summed E-state index contributed by atoms with van der Waals surface area (Å²) < 4.78 is 1.70. The highest BCUT2D eigenvalue weighted by Crippen LogP contribution is 2.18. The second-order valence-electron chi connectivity index (χ2n) is 7.33. The molecule has 8 nitrogen and oxygen atoms in total. The molecule has 0 radical (unpaired) electrons. The quantitative estimate of drug-likeness (QED) is 0.743. The van der Waals surface area contributed by atoms with Gasteiger partial charge in [-0.1, -0.05) is 19.9 Å². The number of rotatable bonds is 6. The van der Waals surface area contributed by atoms with Crippen LogP contribution in [0.4, 0.5) is 0 Å². The van der Waals surface area contributed by atoms with Crippen molar-refractivity contribution < 1.29 is 14.4 Å². The molecule has 1 fully saturated rings. The summed E-state index contributed by atoms with van der Waals surface area (Å²) in [7, 11) is 0. The standard InChI is InChI=1S/C21H29N5O3/c1-4-9-24(10-5-2)20(28)18-17-8-6-7-11-26(17)19(22-18)21(29)25-14-12-23(13-15-25)16(3)27/h6-8,11H,4-5,9-10,12-15H2,1-3H3. The SMILES string of the molecule is CCCN(CCC)C(=O)c1nc(C(=O)N2CCN(C(C)=O)CC2)n2ccccc12. The van der Waals surface area contributed by atoms with Crippen LogP contribution in [0.1, 0.15) is 54.7 Å². The molecule has 2 aromatic rings. The minimum Gasteiger partial charge on any atom is -0.339 e. The van der Waals surface area contributed by atoms with Gasteiger partial charge in [0, 0.05) is 52.4 Å². The molecule has 0 spiro atoms. The Morgan fingerprint density at radius 2 is 1.62 bits per heavy atom. The molecule has 0 bridgehead atoms. The number of hydrogen-bond acceptors (Lipinski definition) is 4. The van der Waals surface area contributed by atoms with Gasteiger partial charge in [-0.05, 0) is 25.0 Å². The smallest absolute Gasteiger partial charge is 0.290 e. The molecule has 1 aliphatic heterocycles. The van der Waals surface area contributed by atoms with E-state index in [1.54, 1.807) is 25.3 Å². The molecule has 3 heterocycles. The van der Waals surface area contributed by atoms with Crippen LogP contribution in [-0.4, -0.2) is 81.1 Å². The number of carbonyl (C=O) groups is 3. The highest BCUT2D eigenvalue weighted by atomic mass is 16.2. The molecule has 0 saturated carbocycles. The van der Waals surface area contributed by atoms with Crippen LogP contribution in [0.3, 0.4) is 0 Å². The summed E-state index contributed by atoms with van der Waals surface area (Å²) in [6.45, 7) is 8.88. The third kappa shape index (κ3) is 4.26. The van der Waals surface area contributed by atoms with Crippen molar-refractivity contribution >= 4 is 23.2 Å². The molecule has 2 aromatic heterocycles. The summed E-state index contributed by atoms with van der Waals surface area (Å²) in [5, 5.41) is 0. The minimum atomic E-state index is -0.217. The van der Waals surface area contributed by atoms with E-state index >= 15 is 0 Å². The van der Waals surface area contributed by atoms with E-state index < -0.39 is 0 Å². The Labute approximate surface area is 171 Å². The van der Waals surface area contributed by atoms with Crippen LogP contribution >= 0.6 is 0 Å². The maximum atomic E-state index is 13.2. The van der Waals surface area contributed by atoms with Crippen LogP contribution < -0.4 is 0 Å². The number of piperazine rings is 1. The summed E-state index contributed by atoms with van der Waals surface area (Å²) in [6.07, 6.45) is 3.50. The first kappa shape index (κ1) is 20.8. The molecule has 1 aliphatic rings. The topological polar surface area (TPSA) is 78.2 Å². The number of aromatic nitrogens is 2. The highest BCUT2D eigenvalue weighted by molar-refractivity contribution is 6.02. The fourth-order valence-corrected chi connectivity index (χ4v) is 3.72. The van der Waals surface area contributed by atoms with Gasteiger partial charge in [0.2, 0.25) is 11.7 Å². The minimum absolute atomic E-state index is 0.0168. The lowest BCUT2D eigenvalue weighted by Gasteiger charge is -2.33. The fourth-order valence-electron chi connectivity index (χ4n) is 3.72. The van der Waals surface area contributed by atoms with Crippen molar-refractivity contribution in [3.05, 3.63) is 35.9 Å². The van der Waals surface area contributed by atoms with E-state index in [-0.39, 0.29) is 23.5 Å². The molecule has 156 valence electrons. The van der Waals surface area contributed by atoms with Gasteiger partial charge in [0.15, 0.2) is 5.69 Å². The van der Waals surface area contributed by atoms with E-state index in [9.17, 15) is 14.4 Å². The molecule has 0 aliphatic carbocycles. The van der Waals surface area contributed by atoms with Crippen molar-refractivity contribution in [3.8, 4) is 0 Å². The number of fused-ring (bicyclic) bond motifs is 1. The van der Waals surface area contributed by atoms with Gasteiger partial charge < -0.3 is 14.7 Å². The number of carbonyl (C=O) groups excluding carboxylic acids is 3. The Balaban J connectivity index is 1.91. The van der Waals surface area contributed by atoms with Crippen molar-refractivity contribution in [2.45, 2.75) is 33.6 Å². The largest absolute Gasteiger partial charge is 0.339 e. The maximum absolute atomic E-state index is 13.2. The van der Waals surface area contributed by atoms with Gasteiger partial charge in [0.05, 0.1) is 5.52 Å². The maximum Gasteiger partial charge on any atom is 0.290 e. The third-order valence-electron chi connectivity index (χ3n) is 5.23. The van der Waals surface area contributed by atoms with Gasteiger partial charge in [-0.25, -0.2) is 4.98 Å². The van der Waals surface area contributed by atoms with E-state index in [1.165, 1.54) is 6.92 Å². The lowest BCUT2D eigenvalue weighted by atomic mass is 10.2. The summed E-state index contributed by atoms with van der Waals surface area (Å²) in [6, 6.07) is 5.49. The average molecular weight is 399 g/mol. The van der Waals surface area contributed by atoms with Crippen LogP contribution in [0.15, 0.2) is 24.4 Å². The molecule has 8 heteroatoms. The zero-order valence-corrected chi connectivity index (χ0v) is 17.4. The Hall–Kier alpha value is -2.90. The van der Waals surface area contributed by atoms with Gasteiger partial charge in [0.1, 0.15) is 0 Å². The second kappa shape index (κ2) is 9.07. The average Bonchev–Trinajstić information content (AvgIpc) is 3.12. The Kier molecular flexibility index (Phi) is 6.51. The zero-order valence-electron chi connectivity index (χ0n) is 17.4. The van der Waals surface area contributed by atoms with Crippen molar-refractivity contribution in [3.63, 3.8) is 0 Å². The van der Waals surface area contributed by atoms with Crippen LogP contribution in [0.2, 0.25) is 0 Å². The summed E-state index contributed by atoms with van der Waals surface area (Å²) in [5.74, 6) is -0.0970. The Bertz CT molecular complexity index is 893. The molecule has 3 rings (SSSR count). The van der Waals surface area contributed by atoms with Gasteiger partial charge >= 0.3 is 0 Å². The molecule has 29 heavy (non-hydrogen) atoms. The molecular formula is C21H29N5O3. The number of imidazole rings is 1. The van der Waals surface area contributed by atoms with Crippen molar-refractivity contribution in [1.82, 2.24) is 24.1 Å². The first-order chi connectivity index (χ1) is 14.0. The van der Waals surface area contributed by atoms with E-state index in [1.807, 2.05) is 32.0 Å². The molecular weight excluding hydrogens is 370 g/mol. The summed E-state index contributed by atoms with van der Waals surface area (Å²) >= 11 is 0. The van der Waals surface area contributed by atoms with Gasteiger partial charge in [0.25, 0.3) is 11.8 Å². The van der Waals surface area contributed by atoms with E-state index in [2.05, 4.69) is 4.98 Å². The molecule has 3 amide bonds. The monoisotopic (exact) mass is 399 g/mol. The van der Waals surface area contributed by atoms with Gasteiger partial charge in [-0.2, -0.15) is 0 Å². The summed E-state index contributed by atoms with van der Waals surface area (Å²) in [4.78, 5) is 47.6. The number of pyridine rings is 1. The van der Waals surface area contributed by atoms with Crippen LogP contribution in [0.25, 0.3) is 5.52 Å². The van der Waals surface area contributed by atoms with Crippen molar-refractivity contribution in [2.24, 2.45) is 0 Å². The molecule has 1 saturated heterocycles. The van der Waals surface area contributed by atoms with Crippen LogP contribution in [0, 0.1) is 0 Å². The predicted octanol–water partition coefficient (Wildman–Crippen LogP) is 1.90. The fraction of sp³-hybridized carbons (Fsp3) is 0.524. The van der Waals surface area contributed by atoms with Gasteiger partial charge in [-0.3, -0.25) is 18.8 Å². The molecule has 0 N–H and O–H groups in total. The first-order valence-corrected chi connectivity index (χ1v) is 10.3. The van der Waals surface area contributed by atoms with Crippen LogP contribution in [-0.2, 0) is 4.79 Å². The molecule has 0 unspecified atom stereocenters. The highest BCUT2D eigenvalue weighted by Gasteiger charge is 2.29. The second-order valence-corrected chi connectivity index (χ2v) is 7.33. The van der Waals surface area contributed by atoms with Crippen molar-refractivity contribution in [2.75, 3.05) is 39.3 Å². The zero-order chi connectivity index (χ0) is 21.0.